The van der Waals surface area contributed by atoms with Crippen molar-refractivity contribution >= 4 is 11.6 Å². The van der Waals surface area contributed by atoms with E-state index in [9.17, 15) is 4.79 Å². The minimum absolute atomic E-state index is 0.245. The molecule has 3 aliphatic rings. The molecule has 24 heavy (non-hydrogen) atoms. The Morgan fingerprint density at radius 1 is 1.21 bits per heavy atom. The van der Waals surface area contributed by atoms with E-state index in [1.165, 1.54) is 5.56 Å². The maximum Gasteiger partial charge on any atom is 0.227 e. The second kappa shape index (κ2) is 6.82. The molecule has 2 saturated heterocycles. The molecule has 2 heterocycles. The minimum Gasteiger partial charge on any atom is -0.348 e. The molecule has 130 valence electrons. The largest absolute Gasteiger partial charge is 0.348 e. The predicted octanol–water partition coefficient (Wildman–Crippen LogP) is 2.59. The van der Waals surface area contributed by atoms with Crippen LogP contribution in [0.5, 0.6) is 0 Å². The molecule has 0 unspecified atom stereocenters. The number of hydrogen-bond acceptors (Lipinski definition) is 4. The SMILES string of the molecule is O=C1CCCN1c1cccc(CNC2CCC3(CC2)OCCO3)c1. The van der Waals surface area contributed by atoms with E-state index < -0.39 is 0 Å². The van der Waals surface area contributed by atoms with Crippen molar-refractivity contribution in [1.82, 2.24) is 5.32 Å². The topological polar surface area (TPSA) is 50.8 Å². The summed E-state index contributed by atoms with van der Waals surface area (Å²) in [4.78, 5) is 13.8. The van der Waals surface area contributed by atoms with Gasteiger partial charge >= 0.3 is 0 Å². The van der Waals surface area contributed by atoms with Crippen LogP contribution in [0.25, 0.3) is 0 Å². The van der Waals surface area contributed by atoms with Crippen LogP contribution in [0, 0.1) is 0 Å². The summed E-state index contributed by atoms with van der Waals surface area (Å²) in [5, 5.41) is 3.66. The maximum atomic E-state index is 11.9. The van der Waals surface area contributed by atoms with Crippen molar-refractivity contribution in [2.45, 2.75) is 56.9 Å². The maximum absolute atomic E-state index is 11.9. The van der Waals surface area contributed by atoms with Gasteiger partial charge in [0.25, 0.3) is 0 Å². The molecule has 1 aromatic carbocycles. The zero-order valence-electron chi connectivity index (χ0n) is 14.1. The second-order valence-electron chi connectivity index (χ2n) is 7.08. The summed E-state index contributed by atoms with van der Waals surface area (Å²) in [6.07, 6.45) is 5.78. The molecule has 5 heteroatoms. The molecule has 2 aliphatic heterocycles. The standard InChI is InChI=1S/C19H26N2O3/c22-18-5-2-10-21(18)17-4-1-3-15(13-17)14-20-16-6-8-19(9-7-16)23-11-12-24-19/h1,3-4,13,16,20H,2,5-12,14H2. The van der Waals surface area contributed by atoms with Gasteiger partial charge in [-0.05, 0) is 37.0 Å². The van der Waals surface area contributed by atoms with E-state index in [4.69, 9.17) is 9.47 Å². The molecule has 0 radical (unpaired) electrons. The number of amides is 1. The summed E-state index contributed by atoms with van der Waals surface area (Å²) < 4.78 is 11.6. The van der Waals surface area contributed by atoms with E-state index in [1.54, 1.807) is 0 Å². The highest BCUT2D eigenvalue weighted by molar-refractivity contribution is 5.95. The fourth-order valence-corrected chi connectivity index (χ4v) is 4.07. The van der Waals surface area contributed by atoms with Gasteiger partial charge in [-0.2, -0.15) is 0 Å². The van der Waals surface area contributed by atoms with Gasteiger partial charge in [-0.3, -0.25) is 4.79 Å². The van der Waals surface area contributed by atoms with Crippen LogP contribution in [0.3, 0.4) is 0 Å². The van der Waals surface area contributed by atoms with E-state index in [-0.39, 0.29) is 11.7 Å². The number of carbonyl (C=O) groups excluding carboxylic acids is 1. The molecule has 0 bridgehead atoms. The first-order valence-corrected chi connectivity index (χ1v) is 9.15. The average Bonchev–Trinajstić information content (AvgIpc) is 3.24. The van der Waals surface area contributed by atoms with Crippen LogP contribution in [0.15, 0.2) is 24.3 Å². The van der Waals surface area contributed by atoms with E-state index in [0.717, 1.165) is 64.1 Å². The second-order valence-corrected chi connectivity index (χ2v) is 7.08. The van der Waals surface area contributed by atoms with Crippen LogP contribution in [0.1, 0.15) is 44.1 Å². The Morgan fingerprint density at radius 3 is 2.71 bits per heavy atom. The summed E-state index contributed by atoms with van der Waals surface area (Å²) >= 11 is 0. The molecule has 1 spiro atoms. The number of nitrogens with one attached hydrogen (secondary N) is 1. The van der Waals surface area contributed by atoms with Crippen molar-refractivity contribution < 1.29 is 14.3 Å². The summed E-state index contributed by atoms with van der Waals surface area (Å²) in [7, 11) is 0. The van der Waals surface area contributed by atoms with Gasteiger partial charge in [0.05, 0.1) is 13.2 Å². The monoisotopic (exact) mass is 330 g/mol. The van der Waals surface area contributed by atoms with E-state index in [0.29, 0.717) is 12.5 Å². The summed E-state index contributed by atoms with van der Waals surface area (Å²) in [6, 6.07) is 8.87. The number of ether oxygens (including phenoxy) is 2. The number of carbonyl (C=O) groups is 1. The molecule has 3 fully saturated rings. The summed E-state index contributed by atoms with van der Waals surface area (Å²) in [5.41, 5.74) is 2.27. The number of rotatable bonds is 4. The number of nitrogens with zero attached hydrogens (tertiary/aromatic N) is 1. The molecule has 1 saturated carbocycles. The highest BCUT2D eigenvalue weighted by atomic mass is 16.7. The van der Waals surface area contributed by atoms with Gasteiger partial charge < -0.3 is 19.7 Å². The molecule has 5 nitrogen and oxygen atoms in total. The Labute approximate surface area is 143 Å². The predicted molar refractivity (Wildman–Crippen MR) is 91.8 cm³/mol. The van der Waals surface area contributed by atoms with Crippen LogP contribution >= 0.6 is 0 Å². The van der Waals surface area contributed by atoms with Crippen LogP contribution < -0.4 is 10.2 Å². The quantitative estimate of drug-likeness (QED) is 0.922. The zero-order chi connectivity index (χ0) is 16.4. The lowest BCUT2D eigenvalue weighted by Gasteiger charge is -2.35. The van der Waals surface area contributed by atoms with Crippen LogP contribution in [-0.2, 0) is 20.8 Å². The third kappa shape index (κ3) is 3.34. The fourth-order valence-electron chi connectivity index (χ4n) is 4.07. The zero-order valence-corrected chi connectivity index (χ0v) is 14.1. The van der Waals surface area contributed by atoms with Crippen molar-refractivity contribution in [3.05, 3.63) is 29.8 Å². The number of benzene rings is 1. The van der Waals surface area contributed by atoms with Gasteiger partial charge in [-0.15, -0.1) is 0 Å². The first-order valence-electron chi connectivity index (χ1n) is 9.15. The molecule has 1 aromatic rings. The van der Waals surface area contributed by atoms with E-state index in [1.807, 2.05) is 17.0 Å². The lowest BCUT2D eigenvalue weighted by Crippen LogP contribution is -2.41. The highest BCUT2D eigenvalue weighted by Gasteiger charge is 2.40. The van der Waals surface area contributed by atoms with Gasteiger partial charge in [0.1, 0.15) is 0 Å². The highest BCUT2D eigenvalue weighted by Crippen LogP contribution is 2.35. The van der Waals surface area contributed by atoms with Gasteiger partial charge in [0.2, 0.25) is 5.91 Å². The van der Waals surface area contributed by atoms with Crippen LogP contribution in [-0.4, -0.2) is 37.5 Å². The Bertz CT molecular complexity index is 588. The Morgan fingerprint density at radius 2 is 2.00 bits per heavy atom. The lowest BCUT2D eigenvalue weighted by molar-refractivity contribution is -0.179. The molecule has 1 aliphatic carbocycles. The van der Waals surface area contributed by atoms with E-state index in [2.05, 4.69) is 17.4 Å². The smallest absolute Gasteiger partial charge is 0.227 e. The number of hydrogen-bond donors (Lipinski definition) is 1. The molecule has 1 N–H and O–H groups in total. The summed E-state index contributed by atoms with van der Waals surface area (Å²) in [6.45, 7) is 3.16. The molecule has 4 rings (SSSR count). The Balaban J connectivity index is 1.31. The normalized spacial score (nSPS) is 24.2. The van der Waals surface area contributed by atoms with E-state index >= 15 is 0 Å². The Kier molecular flexibility index (Phi) is 4.57. The van der Waals surface area contributed by atoms with Crippen molar-refractivity contribution in [3.8, 4) is 0 Å². The first kappa shape index (κ1) is 16.1. The fraction of sp³-hybridized carbons (Fsp3) is 0.632. The van der Waals surface area contributed by atoms with Gasteiger partial charge in [0.15, 0.2) is 5.79 Å². The van der Waals surface area contributed by atoms with Crippen molar-refractivity contribution in [3.63, 3.8) is 0 Å². The van der Waals surface area contributed by atoms with Crippen molar-refractivity contribution in [1.29, 1.82) is 0 Å². The van der Waals surface area contributed by atoms with Gasteiger partial charge in [-0.1, -0.05) is 12.1 Å². The molecule has 0 aromatic heterocycles. The average molecular weight is 330 g/mol. The number of anilines is 1. The third-order valence-corrected chi connectivity index (χ3v) is 5.45. The molecule has 1 amide bonds. The lowest BCUT2D eigenvalue weighted by atomic mass is 9.90. The van der Waals surface area contributed by atoms with Crippen LogP contribution in [0.2, 0.25) is 0 Å². The Hall–Kier alpha value is -1.43. The molecule has 0 atom stereocenters. The molecular weight excluding hydrogens is 304 g/mol. The minimum atomic E-state index is -0.284. The third-order valence-electron chi connectivity index (χ3n) is 5.45. The van der Waals surface area contributed by atoms with Crippen molar-refractivity contribution in [2.75, 3.05) is 24.7 Å². The van der Waals surface area contributed by atoms with Gasteiger partial charge in [0, 0.05) is 44.1 Å². The first-order chi connectivity index (χ1) is 11.7. The van der Waals surface area contributed by atoms with Crippen molar-refractivity contribution in [2.24, 2.45) is 0 Å². The summed E-state index contributed by atoms with van der Waals surface area (Å²) in [5.74, 6) is -0.0388. The molecular formula is C19H26N2O3. The van der Waals surface area contributed by atoms with Gasteiger partial charge in [-0.25, -0.2) is 0 Å². The van der Waals surface area contributed by atoms with Crippen LogP contribution in [0.4, 0.5) is 5.69 Å².